The Morgan fingerprint density at radius 3 is 2.71 bits per heavy atom. The van der Waals surface area contributed by atoms with Crippen LogP contribution < -0.4 is 11.1 Å². The third-order valence-corrected chi connectivity index (χ3v) is 2.00. The number of esters is 1. The van der Waals surface area contributed by atoms with Crippen LogP contribution >= 0.6 is 15.9 Å². The second-order valence-electron chi connectivity index (χ2n) is 2.36. The van der Waals surface area contributed by atoms with E-state index >= 15 is 0 Å². The molecule has 0 aromatic carbocycles. The van der Waals surface area contributed by atoms with Gasteiger partial charge in [0.15, 0.2) is 0 Å². The number of amides is 1. The van der Waals surface area contributed by atoms with Crippen LogP contribution in [-0.2, 0) is 14.3 Å². The summed E-state index contributed by atoms with van der Waals surface area (Å²) in [5.41, 5.74) is 4.73. The molecule has 1 atom stereocenters. The summed E-state index contributed by atoms with van der Waals surface area (Å²) < 4.78 is 8.93. The zero-order valence-electron chi connectivity index (χ0n) is 7.79. The molecule has 0 aliphatic rings. The van der Waals surface area contributed by atoms with Crippen molar-refractivity contribution in [3.63, 3.8) is 0 Å². The van der Waals surface area contributed by atoms with Gasteiger partial charge >= 0.3 is 12.1 Å². The first-order valence-electron chi connectivity index (χ1n) is 3.92. The number of primary amides is 1. The minimum absolute atomic E-state index is 0.177. The fourth-order valence-electron chi connectivity index (χ4n) is 0.664. The summed E-state index contributed by atoms with van der Waals surface area (Å²) in [7, 11) is 1.31. The average Bonchev–Trinajstić information content (AvgIpc) is 2.15. The normalized spacial score (nSPS) is 11.9. The molecule has 1 unspecified atom stereocenters. The van der Waals surface area contributed by atoms with Crippen LogP contribution in [0.3, 0.4) is 0 Å². The maximum atomic E-state index is 10.9. The standard InChI is InChI=1S/C7H13BrN2O4/c1-13-6(11)5(8)4-10-2-3-14-7(9)12/h5,10H,2-4H2,1H3,(H2,9,12). The molecule has 0 aromatic heterocycles. The number of hydrogen-bond donors (Lipinski definition) is 2. The van der Waals surface area contributed by atoms with E-state index in [2.05, 4.69) is 30.7 Å². The lowest BCUT2D eigenvalue weighted by molar-refractivity contribution is -0.139. The highest BCUT2D eigenvalue weighted by Crippen LogP contribution is 1.99. The smallest absolute Gasteiger partial charge is 0.404 e. The van der Waals surface area contributed by atoms with Gasteiger partial charge in [-0.1, -0.05) is 15.9 Å². The third-order valence-electron chi connectivity index (χ3n) is 1.30. The lowest BCUT2D eigenvalue weighted by Gasteiger charge is -2.08. The van der Waals surface area contributed by atoms with Gasteiger partial charge in [-0.25, -0.2) is 4.79 Å². The van der Waals surface area contributed by atoms with Crippen molar-refractivity contribution >= 4 is 28.0 Å². The van der Waals surface area contributed by atoms with Crippen LogP contribution in [0.2, 0.25) is 0 Å². The predicted octanol–water partition coefficient (Wildman–Crippen LogP) is -0.392. The molecule has 0 saturated heterocycles. The van der Waals surface area contributed by atoms with Gasteiger partial charge in [0, 0.05) is 13.1 Å². The van der Waals surface area contributed by atoms with Gasteiger partial charge in [-0.05, 0) is 0 Å². The molecular formula is C7H13BrN2O4. The Labute approximate surface area is 90.2 Å². The maximum absolute atomic E-state index is 10.9. The molecular weight excluding hydrogens is 256 g/mol. The molecule has 0 heterocycles. The van der Waals surface area contributed by atoms with Gasteiger partial charge in [0.25, 0.3) is 0 Å². The second-order valence-corrected chi connectivity index (χ2v) is 3.47. The molecule has 82 valence electrons. The Bertz CT molecular complexity index is 200. The molecule has 6 nitrogen and oxygen atoms in total. The highest BCUT2D eigenvalue weighted by atomic mass is 79.9. The monoisotopic (exact) mass is 268 g/mol. The van der Waals surface area contributed by atoms with Crippen molar-refractivity contribution in [1.82, 2.24) is 5.32 Å². The summed E-state index contributed by atoms with van der Waals surface area (Å²) in [6.07, 6.45) is -0.810. The molecule has 3 N–H and O–H groups in total. The van der Waals surface area contributed by atoms with Crippen LogP contribution in [-0.4, -0.2) is 43.7 Å². The van der Waals surface area contributed by atoms with Crippen molar-refractivity contribution in [2.75, 3.05) is 26.8 Å². The summed E-state index contributed by atoms with van der Waals surface area (Å²) in [6, 6.07) is 0. The molecule has 0 radical (unpaired) electrons. The fourth-order valence-corrected chi connectivity index (χ4v) is 1.08. The maximum Gasteiger partial charge on any atom is 0.404 e. The number of alkyl halides is 1. The van der Waals surface area contributed by atoms with E-state index < -0.39 is 10.9 Å². The number of carbonyl (C=O) groups excluding carboxylic acids is 2. The van der Waals surface area contributed by atoms with Crippen LogP contribution in [0, 0.1) is 0 Å². The second kappa shape index (κ2) is 7.57. The van der Waals surface area contributed by atoms with E-state index in [-0.39, 0.29) is 12.6 Å². The van der Waals surface area contributed by atoms with Crippen molar-refractivity contribution in [3.05, 3.63) is 0 Å². The van der Waals surface area contributed by atoms with Gasteiger partial charge < -0.3 is 20.5 Å². The van der Waals surface area contributed by atoms with E-state index in [4.69, 9.17) is 5.73 Å². The SMILES string of the molecule is COC(=O)C(Br)CNCCOC(N)=O. The Hall–Kier alpha value is -0.820. The number of carbonyl (C=O) groups is 2. The molecule has 1 amide bonds. The van der Waals surface area contributed by atoms with Gasteiger partial charge in [0.1, 0.15) is 11.4 Å². The molecule has 14 heavy (non-hydrogen) atoms. The number of rotatable bonds is 6. The van der Waals surface area contributed by atoms with E-state index in [9.17, 15) is 9.59 Å². The molecule has 0 aliphatic carbocycles. The summed E-state index contributed by atoms with van der Waals surface area (Å²) in [5, 5.41) is 2.88. The summed E-state index contributed by atoms with van der Waals surface area (Å²) in [4.78, 5) is 20.6. The largest absolute Gasteiger partial charge is 0.468 e. The number of methoxy groups -OCH3 is 1. The summed E-state index contributed by atoms with van der Waals surface area (Å²) in [5.74, 6) is -0.353. The van der Waals surface area contributed by atoms with Crippen LogP contribution in [0.1, 0.15) is 0 Å². The zero-order valence-corrected chi connectivity index (χ0v) is 9.37. The highest BCUT2D eigenvalue weighted by molar-refractivity contribution is 9.10. The van der Waals surface area contributed by atoms with Crippen molar-refractivity contribution in [1.29, 1.82) is 0 Å². The van der Waals surface area contributed by atoms with E-state index in [1.54, 1.807) is 0 Å². The van der Waals surface area contributed by atoms with Gasteiger partial charge in [0.2, 0.25) is 0 Å². The lowest BCUT2D eigenvalue weighted by Crippen LogP contribution is -2.32. The van der Waals surface area contributed by atoms with E-state index in [0.29, 0.717) is 13.1 Å². The topological polar surface area (TPSA) is 90.7 Å². The lowest BCUT2D eigenvalue weighted by atomic mass is 10.4. The molecule has 0 saturated carbocycles. The van der Waals surface area contributed by atoms with E-state index in [0.717, 1.165) is 0 Å². The molecule has 0 aromatic rings. The molecule has 0 spiro atoms. The van der Waals surface area contributed by atoms with Crippen LogP contribution in [0.4, 0.5) is 4.79 Å². The number of halogens is 1. The van der Waals surface area contributed by atoms with Crippen LogP contribution in [0.15, 0.2) is 0 Å². The fraction of sp³-hybridized carbons (Fsp3) is 0.714. The first-order chi connectivity index (χ1) is 6.57. The Morgan fingerprint density at radius 1 is 1.57 bits per heavy atom. The minimum Gasteiger partial charge on any atom is -0.468 e. The first kappa shape index (κ1) is 13.2. The van der Waals surface area contributed by atoms with Crippen LogP contribution in [0.5, 0.6) is 0 Å². The highest BCUT2D eigenvalue weighted by Gasteiger charge is 2.13. The average molecular weight is 269 g/mol. The Kier molecular flexibility index (Phi) is 7.13. The van der Waals surface area contributed by atoms with Gasteiger partial charge in [0.05, 0.1) is 7.11 Å². The zero-order chi connectivity index (χ0) is 11.0. The Balaban J connectivity index is 3.36. The molecule has 0 fully saturated rings. The quantitative estimate of drug-likeness (QED) is 0.389. The number of nitrogens with one attached hydrogen (secondary N) is 1. The summed E-state index contributed by atoms with van der Waals surface area (Å²) in [6.45, 7) is 1.01. The molecule has 0 aliphatic heterocycles. The van der Waals surface area contributed by atoms with Crippen molar-refractivity contribution < 1.29 is 19.1 Å². The van der Waals surface area contributed by atoms with Crippen LogP contribution in [0.25, 0.3) is 0 Å². The molecule has 0 bridgehead atoms. The Morgan fingerprint density at radius 2 is 2.21 bits per heavy atom. The number of hydrogen-bond acceptors (Lipinski definition) is 5. The van der Waals surface area contributed by atoms with Gasteiger partial charge in [-0.15, -0.1) is 0 Å². The third kappa shape index (κ3) is 6.67. The van der Waals surface area contributed by atoms with Crippen molar-refractivity contribution in [3.8, 4) is 0 Å². The first-order valence-corrected chi connectivity index (χ1v) is 4.84. The number of ether oxygens (including phenoxy) is 2. The summed E-state index contributed by atoms with van der Waals surface area (Å²) >= 11 is 3.11. The minimum atomic E-state index is -0.810. The molecule has 7 heteroatoms. The van der Waals surface area contributed by atoms with Gasteiger partial charge in [-0.3, -0.25) is 4.79 Å². The molecule has 0 rings (SSSR count). The van der Waals surface area contributed by atoms with Crippen molar-refractivity contribution in [2.24, 2.45) is 5.73 Å². The predicted molar refractivity (Wildman–Crippen MR) is 53.1 cm³/mol. The van der Waals surface area contributed by atoms with Crippen molar-refractivity contribution in [2.45, 2.75) is 4.83 Å². The number of nitrogens with two attached hydrogens (primary N) is 1. The van der Waals surface area contributed by atoms with E-state index in [1.165, 1.54) is 7.11 Å². The van der Waals surface area contributed by atoms with Gasteiger partial charge in [-0.2, -0.15) is 0 Å². The van der Waals surface area contributed by atoms with E-state index in [1.807, 2.05) is 0 Å².